The lowest BCUT2D eigenvalue weighted by Crippen LogP contribution is -2.49. The van der Waals surface area contributed by atoms with E-state index in [4.69, 9.17) is 5.11 Å². The molecule has 0 bridgehead atoms. The normalized spacial score (nSPS) is 27.4. The van der Waals surface area contributed by atoms with Crippen LogP contribution < -0.4 is 10.0 Å². The molecule has 1 aliphatic rings. The van der Waals surface area contributed by atoms with E-state index in [9.17, 15) is 8.42 Å². The maximum atomic E-state index is 12.1. The minimum Gasteiger partial charge on any atom is -0.392 e. The number of aliphatic hydroxyl groups excluding tert-OH is 1. The van der Waals surface area contributed by atoms with Gasteiger partial charge in [-0.3, -0.25) is 0 Å². The molecule has 0 aromatic rings. The van der Waals surface area contributed by atoms with Crippen molar-refractivity contribution in [1.82, 2.24) is 14.3 Å². The Morgan fingerprint density at radius 2 is 1.84 bits per heavy atom. The fraction of sp³-hybridized carbons (Fsp3) is 1.00. The Labute approximate surface area is 116 Å². The lowest BCUT2D eigenvalue weighted by Gasteiger charge is -2.33. The van der Waals surface area contributed by atoms with Crippen molar-refractivity contribution in [3.8, 4) is 0 Å². The van der Waals surface area contributed by atoms with Crippen LogP contribution in [0.3, 0.4) is 0 Å². The van der Waals surface area contributed by atoms with Gasteiger partial charge in [0, 0.05) is 32.7 Å². The molecule has 0 radical (unpaired) electrons. The van der Waals surface area contributed by atoms with Crippen LogP contribution in [-0.4, -0.2) is 56.7 Å². The predicted molar refractivity (Wildman–Crippen MR) is 76.0 cm³/mol. The zero-order valence-electron chi connectivity index (χ0n) is 12.1. The number of hydrogen-bond donors (Lipinski definition) is 3. The predicted octanol–water partition coefficient (Wildman–Crippen LogP) is -0.231. The zero-order chi connectivity index (χ0) is 14.5. The molecule has 3 N–H and O–H groups in total. The van der Waals surface area contributed by atoms with Gasteiger partial charge in [0.25, 0.3) is 10.2 Å². The topological polar surface area (TPSA) is 81.7 Å². The number of nitrogens with zero attached hydrogens (tertiary/aromatic N) is 1. The van der Waals surface area contributed by atoms with Crippen LogP contribution in [0.4, 0.5) is 0 Å². The first-order chi connectivity index (χ1) is 8.81. The second kappa shape index (κ2) is 7.54. The largest absolute Gasteiger partial charge is 0.392 e. The van der Waals surface area contributed by atoms with E-state index in [1.54, 1.807) is 11.2 Å². The number of aliphatic hydroxyl groups is 1. The van der Waals surface area contributed by atoms with E-state index in [1.165, 1.54) is 0 Å². The Morgan fingerprint density at radius 3 is 2.37 bits per heavy atom. The first kappa shape index (κ1) is 16.8. The highest BCUT2D eigenvalue weighted by atomic mass is 32.2. The summed E-state index contributed by atoms with van der Waals surface area (Å²) in [5.41, 5.74) is 0. The van der Waals surface area contributed by atoms with Crippen molar-refractivity contribution in [2.24, 2.45) is 11.8 Å². The van der Waals surface area contributed by atoms with E-state index < -0.39 is 16.3 Å². The molecule has 0 aromatic heterocycles. The summed E-state index contributed by atoms with van der Waals surface area (Å²) in [6.45, 7) is 8.39. The van der Waals surface area contributed by atoms with E-state index in [0.29, 0.717) is 44.6 Å². The Morgan fingerprint density at radius 1 is 1.26 bits per heavy atom. The third kappa shape index (κ3) is 6.18. The minimum absolute atomic E-state index is 0.342. The van der Waals surface area contributed by atoms with Gasteiger partial charge in [0.15, 0.2) is 0 Å². The van der Waals surface area contributed by atoms with Crippen LogP contribution in [0.5, 0.6) is 0 Å². The van der Waals surface area contributed by atoms with E-state index in [-0.39, 0.29) is 0 Å². The molecular formula is C12H27N3O3S. The molecule has 1 aliphatic heterocycles. The smallest absolute Gasteiger partial charge is 0.279 e. The average Bonchev–Trinajstić information content (AvgIpc) is 2.26. The molecule has 0 saturated carbocycles. The van der Waals surface area contributed by atoms with E-state index in [0.717, 1.165) is 6.42 Å². The molecule has 0 spiro atoms. The van der Waals surface area contributed by atoms with Crippen LogP contribution in [0.25, 0.3) is 0 Å². The summed E-state index contributed by atoms with van der Waals surface area (Å²) in [4.78, 5) is 0. The molecule has 0 amide bonds. The van der Waals surface area contributed by atoms with E-state index >= 15 is 0 Å². The second-order valence-corrected chi connectivity index (χ2v) is 7.47. The van der Waals surface area contributed by atoms with Crippen molar-refractivity contribution in [1.29, 1.82) is 0 Å². The summed E-state index contributed by atoms with van der Waals surface area (Å²) in [5.74, 6) is 0.822. The molecular weight excluding hydrogens is 266 g/mol. The molecule has 1 fully saturated rings. The van der Waals surface area contributed by atoms with Crippen molar-refractivity contribution in [2.45, 2.75) is 33.3 Å². The van der Waals surface area contributed by atoms with Gasteiger partial charge < -0.3 is 10.4 Å². The van der Waals surface area contributed by atoms with Crippen LogP contribution in [0.15, 0.2) is 0 Å². The second-order valence-electron chi connectivity index (χ2n) is 5.72. The molecule has 3 atom stereocenters. The Hall–Kier alpha value is -0.210. The van der Waals surface area contributed by atoms with Crippen LogP contribution in [-0.2, 0) is 10.2 Å². The first-order valence-corrected chi connectivity index (χ1v) is 8.38. The highest BCUT2D eigenvalue weighted by Crippen LogP contribution is 2.22. The fourth-order valence-electron chi connectivity index (χ4n) is 2.47. The van der Waals surface area contributed by atoms with Crippen molar-refractivity contribution < 1.29 is 13.5 Å². The van der Waals surface area contributed by atoms with Gasteiger partial charge in [-0.2, -0.15) is 12.7 Å². The summed E-state index contributed by atoms with van der Waals surface area (Å²) < 4.78 is 28.4. The quantitative estimate of drug-likeness (QED) is 0.566. The molecule has 3 unspecified atom stereocenters. The van der Waals surface area contributed by atoms with Crippen molar-refractivity contribution in [3.63, 3.8) is 0 Å². The number of rotatable bonds is 7. The molecule has 1 heterocycles. The van der Waals surface area contributed by atoms with Gasteiger partial charge in [-0.15, -0.1) is 0 Å². The Kier molecular flexibility index (Phi) is 6.68. The molecule has 0 aromatic carbocycles. The highest BCUT2D eigenvalue weighted by molar-refractivity contribution is 7.87. The summed E-state index contributed by atoms with van der Waals surface area (Å²) in [6.07, 6.45) is 0.669. The van der Waals surface area contributed by atoms with Gasteiger partial charge >= 0.3 is 0 Å². The monoisotopic (exact) mass is 293 g/mol. The third-order valence-corrected chi connectivity index (χ3v) is 4.75. The molecule has 1 saturated heterocycles. The van der Waals surface area contributed by atoms with Gasteiger partial charge in [0.05, 0.1) is 6.10 Å². The number of piperidine rings is 1. The maximum absolute atomic E-state index is 12.1. The molecule has 1 rings (SSSR count). The Balaban J connectivity index is 2.34. The fourth-order valence-corrected chi connectivity index (χ4v) is 3.92. The van der Waals surface area contributed by atoms with Crippen LogP contribution in [0, 0.1) is 11.8 Å². The van der Waals surface area contributed by atoms with Gasteiger partial charge in [-0.05, 0) is 25.2 Å². The lowest BCUT2D eigenvalue weighted by atomic mass is 9.94. The standard InChI is InChI=1S/C12H27N3O3S/c1-10-6-11(2)9-15(8-10)19(17,18)14-5-4-13-7-12(3)16/h10-14,16H,4-9H2,1-3H3. The first-order valence-electron chi connectivity index (χ1n) is 6.94. The number of nitrogens with one attached hydrogen (secondary N) is 2. The molecule has 6 nitrogen and oxygen atoms in total. The van der Waals surface area contributed by atoms with Crippen molar-refractivity contribution >= 4 is 10.2 Å². The molecule has 19 heavy (non-hydrogen) atoms. The summed E-state index contributed by atoms with van der Waals surface area (Å²) in [5, 5.41) is 12.0. The molecule has 7 heteroatoms. The summed E-state index contributed by atoms with van der Waals surface area (Å²) in [6, 6.07) is 0. The van der Waals surface area contributed by atoms with Crippen LogP contribution in [0.2, 0.25) is 0 Å². The van der Waals surface area contributed by atoms with Gasteiger partial charge in [0.1, 0.15) is 0 Å². The Bertz CT molecular complexity index is 349. The highest BCUT2D eigenvalue weighted by Gasteiger charge is 2.29. The van der Waals surface area contributed by atoms with Gasteiger partial charge in [0.2, 0.25) is 0 Å². The maximum Gasteiger partial charge on any atom is 0.279 e. The van der Waals surface area contributed by atoms with Crippen molar-refractivity contribution in [3.05, 3.63) is 0 Å². The molecule has 114 valence electrons. The minimum atomic E-state index is -3.37. The lowest BCUT2D eigenvalue weighted by molar-refractivity contribution is 0.191. The van der Waals surface area contributed by atoms with Gasteiger partial charge in [-0.25, -0.2) is 4.72 Å². The SMILES string of the molecule is CC(O)CNCCNS(=O)(=O)N1CC(C)CC(C)C1. The molecule has 0 aliphatic carbocycles. The van der Waals surface area contributed by atoms with Crippen LogP contribution in [0.1, 0.15) is 27.2 Å². The van der Waals surface area contributed by atoms with E-state index in [1.807, 2.05) is 0 Å². The van der Waals surface area contributed by atoms with Crippen LogP contribution >= 0.6 is 0 Å². The van der Waals surface area contributed by atoms with Crippen molar-refractivity contribution in [2.75, 3.05) is 32.7 Å². The summed E-state index contributed by atoms with van der Waals surface area (Å²) >= 11 is 0. The van der Waals surface area contributed by atoms with Gasteiger partial charge in [-0.1, -0.05) is 13.8 Å². The summed E-state index contributed by atoms with van der Waals surface area (Å²) in [7, 11) is -3.37. The third-order valence-electron chi connectivity index (χ3n) is 3.20. The number of hydrogen-bond acceptors (Lipinski definition) is 4. The zero-order valence-corrected chi connectivity index (χ0v) is 12.9. The van der Waals surface area contributed by atoms with E-state index in [2.05, 4.69) is 23.9 Å². The average molecular weight is 293 g/mol.